The molecule has 0 radical (unpaired) electrons. The van der Waals surface area contributed by atoms with Crippen LogP contribution in [0.2, 0.25) is 0 Å². The van der Waals surface area contributed by atoms with Gasteiger partial charge >= 0.3 is 0 Å². The molecule has 6 nitrogen and oxygen atoms in total. The number of nitrogens with two attached hydrogens (primary N) is 1. The highest BCUT2D eigenvalue weighted by atomic mass is 16.6. The molecular weight excluding hydrogens is 340 g/mol. The second-order valence-electron chi connectivity index (χ2n) is 6.51. The molecule has 0 saturated carbocycles. The van der Waals surface area contributed by atoms with E-state index in [9.17, 15) is 15.4 Å². The number of pyridine rings is 1. The fraction of sp³-hybridized carbons (Fsp3) is 0.143. The van der Waals surface area contributed by atoms with Gasteiger partial charge in [0.05, 0.1) is 10.6 Å². The van der Waals surface area contributed by atoms with Gasteiger partial charge in [-0.15, -0.1) is 0 Å². The van der Waals surface area contributed by atoms with Crippen LogP contribution in [0.4, 0.5) is 11.5 Å². The van der Waals surface area contributed by atoms with E-state index in [1.54, 1.807) is 18.2 Å². The smallest absolute Gasteiger partial charge is 0.269 e. The minimum absolute atomic E-state index is 0.00450. The lowest BCUT2D eigenvalue weighted by molar-refractivity contribution is -0.384. The molecule has 0 atom stereocenters. The summed E-state index contributed by atoms with van der Waals surface area (Å²) in [5.74, 6) is 0.545. The first-order valence-electron chi connectivity index (χ1n) is 8.46. The van der Waals surface area contributed by atoms with Crippen molar-refractivity contribution in [3.63, 3.8) is 0 Å². The lowest BCUT2D eigenvalue weighted by Crippen LogP contribution is -2.00. The standard InChI is InChI=1S/C21H18N4O2/c1-13(2)14-3-5-15(6-4-14)18-11-20(24-21(23)19(18)12-22)16-7-9-17(10-8-16)25(26)27/h3-11,13H,1-2H3,(H2,23,24). The van der Waals surface area contributed by atoms with Gasteiger partial charge < -0.3 is 5.73 Å². The van der Waals surface area contributed by atoms with Crippen molar-refractivity contribution < 1.29 is 4.92 Å². The predicted octanol–water partition coefficient (Wildman–Crippen LogP) is 4.90. The number of nitro groups is 1. The molecule has 0 aliphatic carbocycles. The lowest BCUT2D eigenvalue weighted by atomic mass is 9.95. The third-order valence-corrected chi connectivity index (χ3v) is 4.42. The summed E-state index contributed by atoms with van der Waals surface area (Å²) in [7, 11) is 0. The molecule has 2 N–H and O–H groups in total. The second-order valence-corrected chi connectivity index (χ2v) is 6.51. The molecule has 134 valence electrons. The molecule has 0 saturated heterocycles. The Morgan fingerprint density at radius 2 is 1.67 bits per heavy atom. The fourth-order valence-corrected chi connectivity index (χ4v) is 2.86. The Balaban J connectivity index is 2.11. The van der Waals surface area contributed by atoms with E-state index < -0.39 is 4.92 Å². The zero-order valence-corrected chi connectivity index (χ0v) is 15.0. The first-order chi connectivity index (χ1) is 12.9. The molecule has 0 spiro atoms. The zero-order valence-electron chi connectivity index (χ0n) is 15.0. The maximum atomic E-state index is 10.8. The summed E-state index contributed by atoms with van der Waals surface area (Å²) in [5, 5.41) is 20.4. The molecule has 0 amide bonds. The molecule has 0 aliphatic heterocycles. The Hall–Kier alpha value is -3.72. The van der Waals surface area contributed by atoms with Crippen LogP contribution < -0.4 is 5.73 Å². The Kier molecular flexibility index (Phi) is 4.86. The van der Waals surface area contributed by atoms with Crippen molar-refractivity contribution in [1.29, 1.82) is 5.26 Å². The molecule has 0 fully saturated rings. The van der Waals surface area contributed by atoms with Gasteiger partial charge in [0.1, 0.15) is 17.5 Å². The van der Waals surface area contributed by atoms with Crippen LogP contribution in [0.3, 0.4) is 0 Å². The summed E-state index contributed by atoms with van der Waals surface area (Å²) in [6, 6.07) is 18.0. The van der Waals surface area contributed by atoms with E-state index in [4.69, 9.17) is 5.73 Å². The highest BCUT2D eigenvalue weighted by molar-refractivity contribution is 5.80. The Morgan fingerprint density at radius 3 is 2.19 bits per heavy atom. The van der Waals surface area contributed by atoms with Crippen LogP contribution in [-0.4, -0.2) is 9.91 Å². The van der Waals surface area contributed by atoms with Crippen LogP contribution in [0.25, 0.3) is 22.4 Å². The molecule has 27 heavy (non-hydrogen) atoms. The molecule has 3 aromatic rings. The van der Waals surface area contributed by atoms with Gasteiger partial charge in [0, 0.05) is 23.3 Å². The number of benzene rings is 2. The molecule has 1 aromatic heterocycles. The number of nitro benzene ring substituents is 1. The molecule has 0 unspecified atom stereocenters. The van der Waals surface area contributed by atoms with Gasteiger partial charge in [0.2, 0.25) is 0 Å². The summed E-state index contributed by atoms with van der Waals surface area (Å²) in [6.07, 6.45) is 0. The van der Waals surface area contributed by atoms with Crippen molar-refractivity contribution in [3.8, 4) is 28.5 Å². The van der Waals surface area contributed by atoms with Crippen LogP contribution >= 0.6 is 0 Å². The van der Waals surface area contributed by atoms with Crippen LogP contribution in [0.5, 0.6) is 0 Å². The Morgan fingerprint density at radius 1 is 1.07 bits per heavy atom. The first kappa shape index (κ1) is 18.1. The molecule has 0 bridgehead atoms. The molecule has 1 heterocycles. The van der Waals surface area contributed by atoms with Crippen LogP contribution in [0.1, 0.15) is 30.9 Å². The minimum Gasteiger partial charge on any atom is -0.383 e. The van der Waals surface area contributed by atoms with E-state index >= 15 is 0 Å². The normalized spacial score (nSPS) is 10.6. The largest absolute Gasteiger partial charge is 0.383 e. The zero-order chi connectivity index (χ0) is 19.6. The summed E-state index contributed by atoms with van der Waals surface area (Å²) in [5.41, 5.74) is 10.4. The molecule has 2 aromatic carbocycles. The van der Waals surface area contributed by atoms with E-state index in [1.165, 1.54) is 17.7 Å². The summed E-state index contributed by atoms with van der Waals surface area (Å²) in [4.78, 5) is 14.7. The number of aromatic nitrogens is 1. The predicted molar refractivity (Wildman–Crippen MR) is 105 cm³/mol. The van der Waals surface area contributed by atoms with Gasteiger partial charge in [0.25, 0.3) is 5.69 Å². The number of non-ortho nitro benzene ring substituents is 1. The lowest BCUT2D eigenvalue weighted by Gasteiger charge is -2.12. The summed E-state index contributed by atoms with van der Waals surface area (Å²) >= 11 is 0. The quantitative estimate of drug-likeness (QED) is 0.527. The monoisotopic (exact) mass is 358 g/mol. The van der Waals surface area contributed by atoms with E-state index in [-0.39, 0.29) is 11.5 Å². The van der Waals surface area contributed by atoms with Gasteiger partial charge in [0.15, 0.2) is 0 Å². The van der Waals surface area contributed by atoms with Gasteiger partial charge in [-0.2, -0.15) is 5.26 Å². The average molecular weight is 358 g/mol. The Bertz CT molecular complexity index is 1030. The maximum Gasteiger partial charge on any atom is 0.269 e. The van der Waals surface area contributed by atoms with Crippen molar-refractivity contribution in [2.24, 2.45) is 0 Å². The number of nitrogens with zero attached hydrogens (tertiary/aromatic N) is 3. The minimum atomic E-state index is -0.452. The number of rotatable bonds is 4. The fourth-order valence-electron chi connectivity index (χ4n) is 2.86. The van der Waals surface area contributed by atoms with E-state index in [2.05, 4.69) is 24.9 Å². The van der Waals surface area contributed by atoms with Crippen LogP contribution in [0.15, 0.2) is 54.6 Å². The van der Waals surface area contributed by atoms with Crippen LogP contribution in [-0.2, 0) is 0 Å². The number of nitriles is 1. The Labute approximate surface area is 157 Å². The first-order valence-corrected chi connectivity index (χ1v) is 8.46. The third-order valence-electron chi connectivity index (χ3n) is 4.42. The van der Waals surface area contributed by atoms with Crippen molar-refractivity contribution in [2.45, 2.75) is 19.8 Å². The molecular formula is C21H18N4O2. The van der Waals surface area contributed by atoms with Crippen molar-refractivity contribution in [3.05, 3.63) is 75.8 Å². The van der Waals surface area contributed by atoms with Gasteiger partial charge in [-0.05, 0) is 35.2 Å². The van der Waals surface area contributed by atoms with E-state index in [1.807, 2.05) is 24.3 Å². The van der Waals surface area contributed by atoms with Gasteiger partial charge in [-0.3, -0.25) is 10.1 Å². The van der Waals surface area contributed by atoms with E-state index in [0.717, 1.165) is 5.56 Å². The van der Waals surface area contributed by atoms with Gasteiger partial charge in [-0.25, -0.2) is 4.98 Å². The highest BCUT2D eigenvalue weighted by Gasteiger charge is 2.14. The topological polar surface area (TPSA) is 106 Å². The second kappa shape index (κ2) is 7.26. The summed E-state index contributed by atoms with van der Waals surface area (Å²) < 4.78 is 0. The molecule has 0 aliphatic rings. The number of hydrogen-bond acceptors (Lipinski definition) is 5. The maximum absolute atomic E-state index is 10.8. The van der Waals surface area contributed by atoms with Crippen molar-refractivity contribution in [2.75, 3.05) is 5.73 Å². The SMILES string of the molecule is CC(C)c1ccc(-c2cc(-c3ccc([N+](=O)[O-])cc3)nc(N)c2C#N)cc1. The summed E-state index contributed by atoms with van der Waals surface area (Å²) in [6.45, 7) is 4.24. The average Bonchev–Trinajstić information content (AvgIpc) is 2.67. The van der Waals surface area contributed by atoms with E-state index in [0.29, 0.717) is 28.3 Å². The number of nitrogen functional groups attached to an aromatic ring is 1. The molecule has 6 heteroatoms. The third kappa shape index (κ3) is 3.62. The number of hydrogen-bond donors (Lipinski definition) is 1. The molecule has 3 rings (SSSR count). The van der Waals surface area contributed by atoms with Crippen molar-refractivity contribution >= 4 is 11.5 Å². The van der Waals surface area contributed by atoms with Gasteiger partial charge in [-0.1, -0.05) is 38.1 Å². The number of anilines is 1. The highest BCUT2D eigenvalue weighted by Crippen LogP contribution is 2.32. The van der Waals surface area contributed by atoms with Crippen LogP contribution in [0, 0.1) is 21.4 Å². The van der Waals surface area contributed by atoms with Crippen molar-refractivity contribution in [1.82, 2.24) is 4.98 Å².